The number of halogens is 1. The summed E-state index contributed by atoms with van der Waals surface area (Å²) in [6, 6.07) is 10.4. The fourth-order valence-electron chi connectivity index (χ4n) is 3.15. The van der Waals surface area contributed by atoms with Gasteiger partial charge in [-0.3, -0.25) is 4.79 Å². The van der Waals surface area contributed by atoms with Gasteiger partial charge in [0.25, 0.3) is 5.95 Å². The van der Waals surface area contributed by atoms with Crippen LogP contribution in [0.15, 0.2) is 46.9 Å². The molecule has 0 bridgehead atoms. The van der Waals surface area contributed by atoms with Crippen molar-refractivity contribution in [2.24, 2.45) is 0 Å². The zero-order valence-corrected chi connectivity index (χ0v) is 20.3. The minimum atomic E-state index is -0.658. The van der Waals surface area contributed by atoms with E-state index in [0.717, 1.165) is 12.8 Å². The highest BCUT2D eigenvalue weighted by Gasteiger charge is 2.27. The summed E-state index contributed by atoms with van der Waals surface area (Å²) in [5.41, 5.74) is 0.854. The molecule has 0 N–H and O–H groups in total. The normalized spacial score (nSPS) is 11.5. The molecule has 1 amide bonds. The standard InChI is InChI=1S/C25H28FNO5S/c1-6-7-14-30-23-21(22(28)16-8-10-17(26)11-9-16)19-15-18(12-13-20(19)31-23)27(33-5)24(29)32-25(2,3)4/h8-13,15H,6-7,14H2,1-5H3. The number of carbonyl (C=O) groups excluding carboxylic acids is 2. The first kappa shape index (κ1) is 24.6. The van der Waals surface area contributed by atoms with Gasteiger partial charge in [-0.1, -0.05) is 13.3 Å². The lowest BCUT2D eigenvalue weighted by Gasteiger charge is -2.25. The predicted octanol–water partition coefficient (Wildman–Crippen LogP) is 7.00. The molecule has 0 aliphatic heterocycles. The van der Waals surface area contributed by atoms with Crippen molar-refractivity contribution >= 4 is 40.5 Å². The molecule has 0 spiro atoms. The first-order chi connectivity index (χ1) is 15.6. The SMILES string of the molecule is CCCCOc1oc2ccc(N(SC)C(=O)OC(C)(C)C)cc2c1C(=O)c1ccc(F)cc1. The number of furan rings is 1. The Hall–Kier alpha value is -3.00. The van der Waals surface area contributed by atoms with E-state index in [2.05, 4.69) is 0 Å². The number of ketones is 1. The number of unbranched alkanes of at least 4 members (excludes halogenated alkanes) is 1. The fraction of sp³-hybridized carbons (Fsp3) is 0.360. The lowest BCUT2D eigenvalue weighted by Crippen LogP contribution is -2.32. The number of nitrogens with zero attached hydrogens (tertiary/aromatic N) is 1. The summed E-state index contributed by atoms with van der Waals surface area (Å²) < 4.78 is 32.0. The molecule has 0 unspecified atom stereocenters. The molecule has 0 aliphatic rings. The van der Waals surface area contributed by atoms with Crippen LogP contribution in [0, 0.1) is 5.82 Å². The molecule has 0 saturated heterocycles. The lowest BCUT2D eigenvalue weighted by molar-refractivity contribution is 0.0612. The molecule has 0 saturated carbocycles. The van der Waals surface area contributed by atoms with E-state index in [4.69, 9.17) is 13.9 Å². The third-order valence-electron chi connectivity index (χ3n) is 4.68. The smallest absolute Gasteiger partial charge is 0.425 e. The Morgan fingerprint density at radius 2 is 1.82 bits per heavy atom. The van der Waals surface area contributed by atoms with Gasteiger partial charge in [0.1, 0.15) is 22.6 Å². The lowest BCUT2D eigenvalue weighted by atomic mass is 10.0. The Bertz CT molecular complexity index is 1130. The summed E-state index contributed by atoms with van der Waals surface area (Å²) in [6.07, 6.45) is 2.95. The first-order valence-electron chi connectivity index (χ1n) is 10.7. The van der Waals surface area contributed by atoms with E-state index in [-0.39, 0.29) is 17.3 Å². The fourth-order valence-corrected chi connectivity index (χ4v) is 3.66. The first-order valence-corrected chi connectivity index (χ1v) is 11.9. The average molecular weight is 474 g/mol. The molecule has 0 aliphatic carbocycles. The van der Waals surface area contributed by atoms with E-state index >= 15 is 0 Å². The number of carbonyl (C=O) groups is 2. The number of amides is 1. The van der Waals surface area contributed by atoms with Crippen LogP contribution in [0.5, 0.6) is 5.95 Å². The van der Waals surface area contributed by atoms with Crippen molar-refractivity contribution in [1.82, 2.24) is 0 Å². The Balaban J connectivity index is 2.08. The second kappa shape index (κ2) is 10.3. The second-order valence-electron chi connectivity index (χ2n) is 8.44. The van der Waals surface area contributed by atoms with Gasteiger partial charge in [-0.15, -0.1) is 0 Å². The van der Waals surface area contributed by atoms with E-state index in [1.165, 1.54) is 40.5 Å². The van der Waals surface area contributed by atoms with Gasteiger partial charge in [-0.25, -0.2) is 13.5 Å². The van der Waals surface area contributed by atoms with Crippen molar-refractivity contribution in [3.05, 3.63) is 59.4 Å². The monoisotopic (exact) mass is 473 g/mol. The number of hydrogen-bond donors (Lipinski definition) is 0. The summed E-state index contributed by atoms with van der Waals surface area (Å²) in [6.45, 7) is 7.81. The summed E-state index contributed by atoms with van der Waals surface area (Å²) in [5.74, 6) is -0.679. The van der Waals surface area contributed by atoms with E-state index in [1.807, 2.05) is 6.92 Å². The highest BCUT2D eigenvalue weighted by atomic mass is 32.2. The van der Waals surface area contributed by atoms with E-state index < -0.39 is 17.5 Å². The molecule has 1 aromatic heterocycles. The van der Waals surface area contributed by atoms with Gasteiger partial charge in [-0.05, 0) is 81.6 Å². The quantitative estimate of drug-likeness (QED) is 0.199. The van der Waals surface area contributed by atoms with Gasteiger partial charge >= 0.3 is 6.09 Å². The Morgan fingerprint density at radius 1 is 1.12 bits per heavy atom. The van der Waals surface area contributed by atoms with Crippen molar-refractivity contribution in [2.75, 3.05) is 17.2 Å². The van der Waals surface area contributed by atoms with Gasteiger partial charge in [0.05, 0.1) is 12.3 Å². The summed E-state index contributed by atoms with van der Waals surface area (Å²) in [5, 5.41) is 0.496. The van der Waals surface area contributed by atoms with Crippen LogP contribution in [0.3, 0.4) is 0 Å². The van der Waals surface area contributed by atoms with Crippen molar-refractivity contribution in [2.45, 2.75) is 46.1 Å². The topological polar surface area (TPSA) is 69.0 Å². The molecular weight excluding hydrogens is 445 g/mol. The molecule has 3 aromatic rings. The van der Waals surface area contributed by atoms with Crippen molar-refractivity contribution in [3.8, 4) is 5.95 Å². The summed E-state index contributed by atoms with van der Waals surface area (Å²) in [7, 11) is 0. The van der Waals surface area contributed by atoms with E-state index in [1.54, 1.807) is 45.2 Å². The van der Waals surface area contributed by atoms with E-state index in [0.29, 0.717) is 28.8 Å². The van der Waals surface area contributed by atoms with Crippen LogP contribution in [0.1, 0.15) is 56.5 Å². The Kier molecular flexibility index (Phi) is 7.68. The number of anilines is 1. The molecule has 0 radical (unpaired) electrons. The van der Waals surface area contributed by atoms with Gasteiger partial charge in [0.15, 0.2) is 0 Å². The van der Waals surface area contributed by atoms with Gasteiger partial charge < -0.3 is 13.9 Å². The van der Waals surface area contributed by atoms with Crippen molar-refractivity contribution in [1.29, 1.82) is 0 Å². The van der Waals surface area contributed by atoms with Gasteiger partial charge in [-0.2, -0.15) is 0 Å². The largest absolute Gasteiger partial charge is 0.465 e. The van der Waals surface area contributed by atoms with Crippen LogP contribution in [0.25, 0.3) is 11.0 Å². The number of benzene rings is 2. The third-order valence-corrected chi connectivity index (χ3v) is 5.41. The molecule has 6 nitrogen and oxygen atoms in total. The highest BCUT2D eigenvalue weighted by molar-refractivity contribution is 8.00. The number of hydrogen-bond acceptors (Lipinski definition) is 6. The van der Waals surface area contributed by atoms with E-state index in [9.17, 15) is 14.0 Å². The van der Waals surface area contributed by atoms with Gasteiger partial charge in [0, 0.05) is 17.2 Å². The van der Waals surface area contributed by atoms with Crippen LogP contribution in [-0.2, 0) is 4.74 Å². The molecule has 8 heteroatoms. The molecular formula is C25H28FNO5S. The molecule has 0 atom stereocenters. The number of rotatable bonds is 8. The Morgan fingerprint density at radius 3 is 2.42 bits per heavy atom. The Labute approximate surface area is 197 Å². The molecule has 3 rings (SSSR count). The third kappa shape index (κ3) is 5.87. The molecule has 176 valence electrons. The maximum Gasteiger partial charge on any atom is 0.425 e. The minimum absolute atomic E-state index is 0.109. The predicted molar refractivity (Wildman–Crippen MR) is 129 cm³/mol. The second-order valence-corrected chi connectivity index (χ2v) is 9.17. The van der Waals surface area contributed by atoms with Crippen molar-refractivity contribution in [3.63, 3.8) is 0 Å². The van der Waals surface area contributed by atoms with Crippen LogP contribution >= 0.6 is 11.9 Å². The average Bonchev–Trinajstić information content (AvgIpc) is 3.11. The molecule has 1 heterocycles. The minimum Gasteiger partial charge on any atom is -0.465 e. The number of fused-ring (bicyclic) bond motifs is 1. The highest BCUT2D eigenvalue weighted by Crippen LogP contribution is 2.37. The zero-order valence-electron chi connectivity index (χ0n) is 19.4. The van der Waals surface area contributed by atoms with Gasteiger partial charge in [0.2, 0.25) is 5.78 Å². The maximum absolute atomic E-state index is 13.4. The molecule has 2 aromatic carbocycles. The van der Waals surface area contributed by atoms with Crippen LogP contribution < -0.4 is 9.04 Å². The van der Waals surface area contributed by atoms with Crippen molar-refractivity contribution < 1.29 is 27.9 Å². The summed E-state index contributed by atoms with van der Waals surface area (Å²) >= 11 is 1.19. The van der Waals surface area contributed by atoms with Crippen LogP contribution in [0.2, 0.25) is 0 Å². The maximum atomic E-state index is 13.4. The summed E-state index contributed by atoms with van der Waals surface area (Å²) in [4.78, 5) is 26.1. The molecule has 0 fully saturated rings. The van der Waals surface area contributed by atoms with Crippen LogP contribution in [-0.4, -0.2) is 30.3 Å². The molecule has 33 heavy (non-hydrogen) atoms. The number of ether oxygens (including phenoxy) is 2. The van der Waals surface area contributed by atoms with Crippen LogP contribution in [0.4, 0.5) is 14.9 Å². The zero-order chi connectivity index (χ0) is 24.2.